The molecule has 3 rings (SSSR count). The number of hydrogen-bond donors (Lipinski definition) is 1. The van der Waals surface area contributed by atoms with Crippen molar-refractivity contribution in [2.45, 2.75) is 0 Å². The van der Waals surface area contributed by atoms with Gasteiger partial charge in [-0.05, 0) is 42.5 Å². The number of hydrogen-bond acceptors (Lipinski definition) is 6. The van der Waals surface area contributed by atoms with Crippen molar-refractivity contribution in [2.24, 2.45) is 10.9 Å². The molecule has 1 aliphatic heterocycles. The van der Waals surface area contributed by atoms with Crippen molar-refractivity contribution in [1.29, 1.82) is 0 Å². The molecule has 4 amide bonds. The highest BCUT2D eigenvalue weighted by molar-refractivity contribution is 6.32. The number of imide groups is 2. The van der Waals surface area contributed by atoms with Crippen LogP contribution < -0.4 is 10.2 Å². The number of ether oxygens (including phenoxy) is 1. The van der Waals surface area contributed by atoms with Crippen LogP contribution in [0.5, 0.6) is 0 Å². The van der Waals surface area contributed by atoms with Crippen LogP contribution in [0.3, 0.4) is 0 Å². The first-order valence-electron chi connectivity index (χ1n) is 8.07. The molecule has 0 bridgehead atoms. The van der Waals surface area contributed by atoms with Gasteiger partial charge in [0.25, 0.3) is 5.91 Å². The van der Waals surface area contributed by atoms with Gasteiger partial charge in [0.1, 0.15) is 5.82 Å². The number of urea groups is 1. The highest BCUT2D eigenvalue weighted by Gasteiger charge is 2.40. The summed E-state index contributed by atoms with van der Waals surface area (Å²) < 4.78 is 17.7. The van der Waals surface area contributed by atoms with Gasteiger partial charge in [0.2, 0.25) is 5.91 Å². The fourth-order valence-corrected chi connectivity index (χ4v) is 2.55. The Labute approximate surface area is 158 Å². The van der Waals surface area contributed by atoms with Gasteiger partial charge in [-0.25, -0.2) is 18.9 Å². The summed E-state index contributed by atoms with van der Waals surface area (Å²) in [6.07, 6.45) is 1.08. The van der Waals surface area contributed by atoms with E-state index < -0.39 is 35.5 Å². The molecule has 9 heteroatoms. The maximum atomic E-state index is 13.1. The van der Waals surface area contributed by atoms with E-state index in [1.165, 1.54) is 31.4 Å². The maximum Gasteiger partial charge on any atom is 0.337 e. The molecule has 0 saturated carbocycles. The first-order valence-corrected chi connectivity index (χ1v) is 8.07. The Morgan fingerprint density at radius 1 is 1.18 bits per heavy atom. The molecule has 2 aromatic carbocycles. The minimum atomic E-state index is -1.37. The number of esters is 1. The SMILES string of the molecule is COC(=O)c1cccc(N=C[C@H]2C(=O)NC(=O)N(c3ccc(F)cc3)C2=O)c1. The number of carbonyl (C=O) groups is 4. The zero-order chi connectivity index (χ0) is 20.3. The molecule has 142 valence electrons. The Hall–Kier alpha value is -3.88. The van der Waals surface area contributed by atoms with E-state index in [4.69, 9.17) is 0 Å². The average molecular weight is 383 g/mol. The molecule has 0 unspecified atom stereocenters. The van der Waals surface area contributed by atoms with Crippen LogP contribution in [0.25, 0.3) is 0 Å². The molecule has 1 heterocycles. The Morgan fingerprint density at radius 3 is 2.57 bits per heavy atom. The molecule has 1 N–H and O–H groups in total. The Bertz CT molecular complexity index is 987. The summed E-state index contributed by atoms with van der Waals surface area (Å²) in [6.45, 7) is 0. The Morgan fingerprint density at radius 2 is 1.89 bits per heavy atom. The van der Waals surface area contributed by atoms with E-state index in [1.807, 2.05) is 0 Å². The van der Waals surface area contributed by atoms with Gasteiger partial charge in [-0.3, -0.25) is 19.9 Å². The molecule has 0 aliphatic carbocycles. The topological polar surface area (TPSA) is 105 Å². The number of nitrogens with one attached hydrogen (secondary N) is 1. The van der Waals surface area contributed by atoms with Gasteiger partial charge in [-0.15, -0.1) is 0 Å². The number of aliphatic imine (C=N–C) groups is 1. The van der Waals surface area contributed by atoms with E-state index in [-0.39, 0.29) is 11.3 Å². The molecular formula is C19H14FN3O5. The van der Waals surface area contributed by atoms with Gasteiger partial charge in [0.05, 0.1) is 24.0 Å². The monoisotopic (exact) mass is 383 g/mol. The number of anilines is 1. The number of halogens is 1. The van der Waals surface area contributed by atoms with Crippen molar-refractivity contribution in [3.8, 4) is 0 Å². The molecule has 1 saturated heterocycles. The summed E-state index contributed by atoms with van der Waals surface area (Å²) in [5, 5.41) is 2.07. The predicted octanol–water partition coefficient (Wildman–Crippen LogP) is 2.21. The van der Waals surface area contributed by atoms with E-state index >= 15 is 0 Å². The summed E-state index contributed by atoms with van der Waals surface area (Å²) >= 11 is 0. The summed E-state index contributed by atoms with van der Waals surface area (Å²) in [6, 6.07) is 9.83. The van der Waals surface area contributed by atoms with E-state index in [0.717, 1.165) is 23.2 Å². The Balaban J connectivity index is 1.86. The van der Waals surface area contributed by atoms with Crippen LogP contribution in [0, 0.1) is 11.7 Å². The van der Waals surface area contributed by atoms with E-state index in [1.54, 1.807) is 12.1 Å². The zero-order valence-corrected chi connectivity index (χ0v) is 14.6. The number of rotatable bonds is 4. The van der Waals surface area contributed by atoms with Gasteiger partial charge in [0.15, 0.2) is 5.92 Å². The Kier molecular flexibility index (Phi) is 5.25. The van der Waals surface area contributed by atoms with Gasteiger partial charge in [-0.2, -0.15) is 0 Å². The molecule has 8 nitrogen and oxygen atoms in total. The van der Waals surface area contributed by atoms with Crippen molar-refractivity contribution in [3.05, 3.63) is 59.9 Å². The van der Waals surface area contributed by atoms with Crippen molar-refractivity contribution in [3.63, 3.8) is 0 Å². The van der Waals surface area contributed by atoms with Crippen molar-refractivity contribution in [2.75, 3.05) is 12.0 Å². The number of nitrogens with zero attached hydrogens (tertiary/aromatic N) is 2. The summed E-state index contributed by atoms with van der Waals surface area (Å²) in [4.78, 5) is 53.2. The molecule has 0 spiro atoms. The van der Waals surface area contributed by atoms with Crippen molar-refractivity contribution >= 4 is 41.4 Å². The van der Waals surface area contributed by atoms with Gasteiger partial charge in [0, 0.05) is 6.21 Å². The van der Waals surface area contributed by atoms with E-state index in [0.29, 0.717) is 5.69 Å². The van der Waals surface area contributed by atoms with Gasteiger partial charge < -0.3 is 4.74 Å². The van der Waals surface area contributed by atoms with E-state index in [2.05, 4.69) is 15.0 Å². The molecule has 1 atom stereocenters. The molecule has 2 aromatic rings. The largest absolute Gasteiger partial charge is 0.465 e. The third-order valence-electron chi connectivity index (χ3n) is 3.93. The number of barbiturate groups is 1. The first kappa shape index (κ1) is 18.9. The maximum absolute atomic E-state index is 13.1. The van der Waals surface area contributed by atoms with Crippen LogP contribution in [0.15, 0.2) is 53.5 Å². The second kappa shape index (κ2) is 7.78. The summed E-state index contributed by atoms with van der Waals surface area (Å²) in [5.41, 5.74) is 0.677. The number of carbonyl (C=O) groups excluding carboxylic acids is 4. The van der Waals surface area contributed by atoms with E-state index in [9.17, 15) is 23.6 Å². The van der Waals surface area contributed by atoms with Crippen LogP contribution in [-0.4, -0.2) is 37.1 Å². The molecular weight excluding hydrogens is 369 g/mol. The molecule has 1 fully saturated rings. The molecule has 1 aliphatic rings. The van der Waals surface area contributed by atoms with Crippen LogP contribution in [-0.2, 0) is 14.3 Å². The minimum Gasteiger partial charge on any atom is -0.465 e. The highest BCUT2D eigenvalue weighted by atomic mass is 19.1. The molecule has 28 heavy (non-hydrogen) atoms. The first-order chi connectivity index (χ1) is 13.4. The smallest absolute Gasteiger partial charge is 0.337 e. The summed E-state index contributed by atoms with van der Waals surface area (Å²) in [5.74, 6) is -4.12. The predicted molar refractivity (Wildman–Crippen MR) is 96.8 cm³/mol. The van der Waals surface area contributed by atoms with Gasteiger partial charge in [-0.1, -0.05) is 6.07 Å². The minimum absolute atomic E-state index is 0.113. The quantitative estimate of drug-likeness (QED) is 0.495. The van der Waals surface area contributed by atoms with Crippen molar-refractivity contribution < 1.29 is 28.3 Å². The summed E-state index contributed by atoms with van der Waals surface area (Å²) in [7, 11) is 1.24. The van der Waals surface area contributed by atoms with Crippen LogP contribution in [0.2, 0.25) is 0 Å². The lowest BCUT2D eigenvalue weighted by atomic mass is 10.1. The zero-order valence-electron chi connectivity index (χ0n) is 14.6. The number of amides is 4. The standard InChI is InChI=1S/C19H14FN3O5/c1-28-18(26)11-3-2-4-13(9-11)21-10-15-16(24)22-19(27)23(17(15)25)14-7-5-12(20)6-8-14/h2-10,15H,1H3,(H,22,24,27)/t15-/m0/s1. The second-order valence-electron chi connectivity index (χ2n) is 5.74. The number of methoxy groups -OCH3 is 1. The van der Waals surface area contributed by atoms with Crippen LogP contribution in [0.1, 0.15) is 10.4 Å². The number of benzene rings is 2. The van der Waals surface area contributed by atoms with Crippen LogP contribution in [0.4, 0.5) is 20.6 Å². The molecule has 0 radical (unpaired) electrons. The average Bonchev–Trinajstić information content (AvgIpc) is 2.68. The lowest BCUT2D eigenvalue weighted by Crippen LogP contribution is -2.58. The lowest BCUT2D eigenvalue weighted by molar-refractivity contribution is -0.131. The fourth-order valence-electron chi connectivity index (χ4n) is 2.55. The normalized spacial score (nSPS) is 17.0. The van der Waals surface area contributed by atoms with Gasteiger partial charge >= 0.3 is 12.0 Å². The third kappa shape index (κ3) is 3.78. The lowest BCUT2D eigenvalue weighted by Gasteiger charge is -2.28. The van der Waals surface area contributed by atoms with Crippen molar-refractivity contribution in [1.82, 2.24) is 5.32 Å². The fraction of sp³-hybridized carbons (Fsp3) is 0.105. The second-order valence-corrected chi connectivity index (χ2v) is 5.74. The molecule has 0 aromatic heterocycles. The van der Waals surface area contributed by atoms with Crippen LogP contribution >= 0.6 is 0 Å². The third-order valence-corrected chi connectivity index (χ3v) is 3.93. The highest BCUT2D eigenvalue weighted by Crippen LogP contribution is 2.21.